The molecule has 10 heterocycles. The number of nitrogens with one attached hydrogen (secondary N) is 5. The van der Waals surface area contributed by atoms with Gasteiger partial charge in [-0.2, -0.15) is 0 Å². The van der Waals surface area contributed by atoms with Crippen LogP contribution in [-0.4, -0.2) is 67.5 Å². The number of oxazole rings is 1. The molecule has 20 rings (SSSR count). The Hall–Kier alpha value is -15.1. The fraction of sp³-hybridized carbons (Fsp3) is 0.115. The van der Waals surface area contributed by atoms with Crippen LogP contribution in [0.5, 0.6) is 0 Å². The van der Waals surface area contributed by atoms with Crippen molar-refractivity contribution in [2.24, 2.45) is 0 Å². The third-order valence-electron chi connectivity index (χ3n) is 21.8. The normalized spacial score (nSPS) is 11.0. The van der Waals surface area contributed by atoms with Gasteiger partial charge in [-0.3, -0.25) is 29.0 Å². The van der Waals surface area contributed by atoms with E-state index in [1.807, 2.05) is 133 Å². The summed E-state index contributed by atoms with van der Waals surface area (Å²) in [5, 5.41) is 26.9. The monoisotopic (exact) mass is 1780 g/mol. The van der Waals surface area contributed by atoms with E-state index >= 15 is 0 Å². The molecular formula is C104H89ClFN13O7S3. The molecule has 0 aliphatic rings. The van der Waals surface area contributed by atoms with Gasteiger partial charge in [0.1, 0.15) is 31.7 Å². The van der Waals surface area contributed by atoms with Gasteiger partial charge in [-0.05, 0) is 130 Å². The molecule has 0 unspecified atom stereocenters. The Kier molecular flexibility index (Phi) is 27.1. The van der Waals surface area contributed by atoms with E-state index in [2.05, 4.69) is 245 Å². The van der Waals surface area contributed by atoms with Crippen LogP contribution in [0.3, 0.4) is 0 Å². The highest BCUT2D eigenvalue weighted by Crippen LogP contribution is 2.35. The number of fused-ring (bicyclic) bond motifs is 5. The Morgan fingerprint density at radius 3 is 0.984 bits per heavy atom. The van der Waals surface area contributed by atoms with Crippen molar-refractivity contribution in [3.63, 3.8) is 0 Å². The number of hydrogen-bond donors (Lipinski definition) is 5. The maximum atomic E-state index is 13.7. The van der Waals surface area contributed by atoms with Crippen molar-refractivity contribution in [3.05, 3.63) is 425 Å². The Balaban J connectivity index is 0.000000118. The van der Waals surface area contributed by atoms with Crippen molar-refractivity contribution in [1.29, 1.82) is 0 Å². The van der Waals surface area contributed by atoms with Gasteiger partial charge in [-0.1, -0.05) is 257 Å². The number of thiophene rings is 2. The summed E-state index contributed by atoms with van der Waals surface area (Å²) in [7, 11) is 0. The maximum Gasteiger partial charge on any atom is 0.293 e. The third kappa shape index (κ3) is 21.0. The number of benzene rings is 10. The van der Waals surface area contributed by atoms with Crippen molar-refractivity contribution in [3.8, 4) is 0 Å². The number of rotatable bonds is 20. The number of amides is 5. The summed E-state index contributed by atoms with van der Waals surface area (Å²) in [5.74, 6) is -1.50. The molecule has 20 aromatic rings. The molecule has 25 heteroatoms. The Morgan fingerprint density at radius 1 is 0.364 bits per heavy atom. The molecule has 0 spiro atoms. The summed E-state index contributed by atoms with van der Waals surface area (Å²) in [4.78, 5) is 71.0. The van der Waals surface area contributed by atoms with E-state index in [1.165, 1.54) is 97.0 Å². The smallest absolute Gasteiger partial charge is 0.293 e. The van der Waals surface area contributed by atoms with E-state index in [0.29, 0.717) is 44.0 Å². The standard InChI is InChI=1S/C21H17ClN2OS.C21H17FN2OS.2C21H19N3O2.C20H17N3OS/c1-14-6-8-15(9-7-14)12-24-13-18(16-4-2-3-5-19(16)24)23-21(25)17-10-11-26-20(17)22;1-14-6-8-15(9-7-14)12-24-13-18(16-4-2-3-5-19(16)24)23-21(25)20-17(22)10-11-26-20;1-14-7-9-16(10-8-14)11-24-12-19(17-5-3-4-6-20(17)24)22-21(25)18-13-26-23-15(18)2;1-14-7-9-16(10-8-14)11-24-12-18(17-5-3-4-6-19(17)24)23-21(25)20-15(2)22-13-26-20;1-14-6-8-15(9-7-14)11-23-12-17(16-4-2-3-5-18(16)23)22-20(24)19-10-21-13-25-19/h2*2-11,13H,12H2,1H3,(H,23,25);3-10,12-13H,11H2,1-2H3,(H,22,25);3-10,12-13H,11H2,1-2H3,(H,23,25);2-10,12-13H,11H2,1H3,(H,22,24). The molecule has 0 saturated carbocycles. The summed E-state index contributed by atoms with van der Waals surface area (Å²) in [6, 6.07) is 85.5. The molecule has 0 aliphatic heterocycles. The lowest BCUT2D eigenvalue weighted by molar-refractivity contribution is 0.0991. The molecule has 0 bridgehead atoms. The van der Waals surface area contributed by atoms with E-state index in [9.17, 15) is 28.4 Å². The van der Waals surface area contributed by atoms with E-state index in [0.717, 1.165) is 115 Å². The third-order valence-corrected chi connectivity index (χ3v) is 24.7. The highest BCUT2D eigenvalue weighted by molar-refractivity contribution is 7.14. The number of para-hydroxylation sites is 5. The van der Waals surface area contributed by atoms with Gasteiger partial charge in [0.15, 0.2) is 6.39 Å². The van der Waals surface area contributed by atoms with Crippen LogP contribution in [0.1, 0.15) is 118 Å². The number of halogens is 2. The lowest BCUT2D eigenvalue weighted by atomic mass is 10.1. The van der Waals surface area contributed by atoms with Crippen LogP contribution in [0.15, 0.2) is 330 Å². The zero-order chi connectivity index (χ0) is 89.6. The first kappa shape index (κ1) is 87.4. The first-order valence-corrected chi connectivity index (χ1v) is 44.6. The molecule has 10 aromatic carbocycles. The van der Waals surface area contributed by atoms with Crippen LogP contribution >= 0.6 is 45.6 Å². The lowest BCUT2D eigenvalue weighted by Crippen LogP contribution is -2.12. The molecule has 129 heavy (non-hydrogen) atoms. The van der Waals surface area contributed by atoms with Gasteiger partial charge in [0.2, 0.25) is 5.76 Å². The van der Waals surface area contributed by atoms with Gasteiger partial charge in [-0.15, -0.1) is 34.0 Å². The topological polar surface area (TPSA) is 235 Å². The van der Waals surface area contributed by atoms with Crippen LogP contribution in [0.2, 0.25) is 4.34 Å². The molecule has 5 N–H and O–H groups in total. The Bertz CT molecular complexity index is 6650. The molecule has 0 radical (unpaired) electrons. The van der Waals surface area contributed by atoms with Crippen LogP contribution in [0.25, 0.3) is 54.5 Å². The van der Waals surface area contributed by atoms with E-state index in [4.69, 9.17) is 20.5 Å². The van der Waals surface area contributed by atoms with Crippen molar-refractivity contribution >= 4 is 158 Å². The Morgan fingerprint density at radius 2 is 0.690 bits per heavy atom. The average Bonchev–Trinajstić information content (AvgIpc) is 1.66. The molecule has 10 aromatic heterocycles. The quantitative estimate of drug-likeness (QED) is 0.0484. The Labute approximate surface area is 760 Å². The van der Waals surface area contributed by atoms with Gasteiger partial charge >= 0.3 is 0 Å². The van der Waals surface area contributed by atoms with Crippen LogP contribution in [-0.2, 0) is 32.7 Å². The van der Waals surface area contributed by atoms with Gasteiger partial charge < -0.3 is 58.4 Å². The molecule has 0 fully saturated rings. The minimum absolute atomic E-state index is 0.0976. The van der Waals surface area contributed by atoms with Crippen molar-refractivity contribution < 1.29 is 37.3 Å². The summed E-state index contributed by atoms with van der Waals surface area (Å²) in [6.07, 6.45) is 14.1. The molecule has 5 amide bonds. The molecule has 0 saturated heterocycles. The van der Waals surface area contributed by atoms with Crippen molar-refractivity contribution in [2.45, 2.75) is 81.2 Å². The van der Waals surface area contributed by atoms with Crippen molar-refractivity contribution in [1.82, 2.24) is 38.0 Å². The van der Waals surface area contributed by atoms with Gasteiger partial charge in [-0.25, -0.2) is 9.37 Å². The zero-order valence-corrected chi connectivity index (χ0v) is 74.8. The highest BCUT2D eigenvalue weighted by atomic mass is 35.5. The second-order valence-corrected chi connectivity index (χ2v) is 34.6. The lowest BCUT2D eigenvalue weighted by Gasteiger charge is -2.06. The first-order chi connectivity index (χ1) is 62.7. The summed E-state index contributed by atoms with van der Waals surface area (Å²) < 4.78 is 35.0. The number of aromatic nitrogens is 8. The number of carbonyl (C=O) groups excluding carboxylic acids is 5. The molecular weight excluding hydrogens is 1690 g/mol. The number of nitrogens with zero attached hydrogens (tertiary/aromatic N) is 8. The number of anilines is 5. The number of carbonyl (C=O) groups is 5. The highest BCUT2D eigenvalue weighted by Gasteiger charge is 2.23. The largest absolute Gasteiger partial charge is 0.438 e. The first-order valence-electron chi connectivity index (χ1n) is 41.6. The SMILES string of the molecule is Cc1ccc(Cn2cc(NC(=O)c3ccsc3Cl)c3ccccc32)cc1.Cc1ccc(Cn2cc(NC(=O)c3cncs3)c3ccccc32)cc1.Cc1ccc(Cn2cc(NC(=O)c3conc3C)c3ccccc32)cc1.Cc1ccc(Cn2cc(NC(=O)c3ocnc3C)c3ccccc32)cc1.Cc1ccc(Cn2cc(NC(=O)c3sccc3F)c3ccccc32)cc1. The fourth-order valence-electron chi connectivity index (χ4n) is 15.0. The zero-order valence-electron chi connectivity index (χ0n) is 71.6. The average molecular weight is 1780 g/mol. The number of thiazole rings is 1. The summed E-state index contributed by atoms with van der Waals surface area (Å²) in [5.41, 5.74) is 25.2. The van der Waals surface area contributed by atoms with Crippen molar-refractivity contribution in [2.75, 3.05) is 26.6 Å². The van der Waals surface area contributed by atoms with Crippen LogP contribution in [0.4, 0.5) is 32.8 Å². The van der Waals surface area contributed by atoms with Crippen LogP contribution < -0.4 is 26.6 Å². The second-order valence-electron chi connectivity index (χ2n) is 31.3. The van der Waals surface area contributed by atoms with E-state index in [1.54, 1.807) is 37.0 Å². The van der Waals surface area contributed by atoms with Gasteiger partial charge in [0, 0.05) is 90.6 Å². The van der Waals surface area contributed by atoms with Gasteiger partial charge in [0.05, 0.1) is 84.7 Å². The second kappa shape index (κ2) is 40.1. The minimum atomic E-state index is -0.490. The number of hydrogen-bond acceptors (Lipinski definition) is 13. The maximum absolute atomic E-state index is 13.7. The molecule has 20 nitrogen and oxygen atoms in total. The minimum Gasteiger partial charge on any atom is -0.438 e. The predicted octanol–water partition coefficient (Wildman–Crippen LogP) is 25.2. The van der Waals surface area contributed by atoms with Gasteiger partial charge in [0.25, 0.3) is 29.5 Å². The van der Waals surface area contributed by atoms with Crippen LogP contribution in [0, 0.1) is 54.3 Å². The number of aryl methyl sites for hydroxylation is 7. The molecule has 0 aliphatic carbocycles. The van der Waals surface area contributed by atoms with E-state index in [-0.39, 0.29) is 34.3 Å². The molecule has 0 atom stereocenters. The predicted molar refractivity (Wildman–Crippen MR) is 519 cm³/mol. The molecule has 644 valence electrons. The van der Waals surface area contributed by atoms with E-state index < -0.39 is 11.7 Å². The summed E-state index contributed by atoms with van der Waals surface area (Å²) in [6.45, 7) is 17.6. The summed E-state index contributed by atoms with van der Waals surface area (Å²) >= 11 is 9.89. The fourth-order valence-corrected chi connectivity index (χ4v) is 17.1.